The summed E-state index contributed by atoms with van der Waals surface area (Å²) < 4.78 is 33.9. The number of nitrogens with one attached hydrogen (secondary N) is 1. The molecule has 0 aliphatic rings. The molecule has 2 aromatic rings. The molecule has 7 heteroatoms. The smallest absolute Gasteiger partial charge is 0.248 e. The summed E-state index contributed by atoms with van der Waals surface area (Å²) in [6.07, 6.45) is 3.96. The summed E-state index contributed by atoms with van der Waals surface area (Å²) in [5, 5.41) is 2.58. The van der Waals surface area contributed by atoms with Crippen LogP contribution in [0.25, 0.3) is 6.08 Å². The second-order valence-electron chi connectivity index (χ2n) is 5.20. The zero-order valence-electron chi connectivity index (χ0n) is 14.1. The second kappa shape index (κ2) is 7.85. The van der Waals surface area contributed by atoms with Gasteiger partial charge in [-0.15, -0.1) is 0 Å². The molecule has 0 heterocycles. The van der Waals surface area contributed by atoms with Gasteiger partial charge in [0.1, 0.15) is 11.5 Å². The van der Waals surface area contributed by atoms with Gasteiger partial charge in [0.05, 0.1) is 24.8 Å². The number of carbonyl (C=O) groups is 1. The number of hydrogen-bond acceptors (Lipinski definition) is 5. The molecular formula is C18H19NO5S. The molecule has 0 unspecified atom stereocenters. The molecule has 0 aromatic heterocycles. The number of anilines is 1. The lowest BCUT2D eigenvalue weighted by Gasteiger charge is -2.09. The quantitative estimate of drug-likeness (QED) is 0.800. The molecule has 25 heavy (non-hydrogen) atoms. The molecule has 1 amide bonds. The highest BCUT2D eigenvalue weighted by molar-refractivity contribution is 7.90. The Kier molecular flexibility index (Phi) is 5.82. The highest BCUT2D eigenvalue weighted by atomic mass is 32.2. The third kappa shape index (κ3) is 4.84. The van der Waals surface area contributed by atoms with Gasteiger partial charge >= 0.3 is 0 Å². The predicted molar refractivity (Wildman–Crippen MR) is 96.8 cm³/mol. The fraction of sp³-hybridized carbons (Fsp3) is 0.167. The average Bonchev–Trinajstić information content (AvgIpc) is 2.59. The van der Waals surface area contributed by atoms with Crippen LogP contribution in [0.15, 0.2) is 53.4 Å². The van der Waals surface area contributed by atoms with E-state index in [9.17, 15) is 13.2 Å². The number of amides is 1. The maximum Gasteiger partial charge on any atom is 0.248 e. The number of hydrogen-bond donors (Lipinski definition) is 1. The minimum absolute atomic E-state index is 0.0655. The van der Waals surface area contributed by atoms with E-state index in [-0.39, 0.29) is 10.6 Å². The van der Waals surface area contributed by atoms with E-state index in [1.165, 1.54) is 25.3 Å². The topological polar surface area (TPSA) is 81.7 Å². The van der Waals surface area contributed by atoms with Crippen molar-refractivity contribution >= 4 is 27.5 Å². The van der Waals surface area contributed by atoms with Crippen LogP contribution in [0.5, 0.6) is 11.5 Å². The molecule has 0 radical (unpaired) electrons. The van der Waals surface area contributed by atoms with E-state index in [2.05, 4.69) is 5.32 Å². The van der Waals surface area contributed by atoms with Crippen LogP contribution in [0.3, 0.4) is 0 Å². The summed E-state index contributed by atoms with van der Waals surface area (Å²) >= 11 is 0. The van der Waals surface area contributed by atoms with E-state index in [1.54, 1.807) is 43.5 Å². The monoisotopic (exact) mass is 361 g/mol. The first-order chi connectivity index (χ1) is 11.8. The lowest BCUT2D eigenvalue weighted by atomic mass is 10.1. The van der Waals surface area contributed by atoms with E-state index >= 15 is 0 Å². The van der Waals surface area contributed by atoms with Gasteiger partial charge in [-0.2, -0.15) is 0 Å². The normalized spacial score (nSPS) is 11.3. The first kappa shape index (κ1) is 18.5. The summed E-state index contributed by atoms with van der Waals surface area (Å²) in [5.74, 6) is 0.755. The Morgan fingerprint density at radius 2 is 1.80 bits per heavy atom. The predicted octanol–water partition coefficient (Wildman–Crippen LogP) is 2.76. The fourth-order valence-corrected chi connectivity index (χ4v) is 3.05. The first-order valence-corrected chi connectivity index (χ1v) is 9.24. The number of carbonyl (C=O) groups excluding carboxylic acids is 1. The van der Waals surface area contributed by atoms with Gasteiger partial charge in [-0.3, -0.25) is 4.79 Å². The second-order valence-corrected chi connectivity index (χ2v) is 7.18. The highest BCUT2D eigenvalue weighted by Crippen LogP contribution is 2.25. The zero-order chi connectivity index (χ0) is 18.4. The molecule has 132 valence electrons. The molecular weight excluding hydrogens is 342 g/mol. The van der Waals surface area contributed by atoms with Crippen molar-refractivity contribution in [3.8, 4) is 11.5 Å². The SMILES string of the molecule is COc1ccc(OC)c(/C=C/C(=O)Nc2ccccc2S(C)(=O)=O)c1. The largest absolute Gasteiger partial charge is 0.497 e. The lowest BCUT2D eigenvalue weighted by Crippen LogP contribution is -2.11. The average molecular weight is 361 g/mol. The van der Waals surface area contributed by atoms with Crippen molar-refractivity contribution in [2.24, 2.45) is 0 Å². The van der Waals surface area contributed by atoms with Gasteiger partial charge in [0.15, 0.2) is 9.84 Å². The Hall–Kier alpha value is -2.80. The Labute approximate surface area is 147 Å². The molecule has 2 rings (SSSR count). The number of benzene rings is 2. The van der Waals surface area contributed by atoms with E-state index in [0.717, 1.165) is 6.26 Å². The van der Waals surface area contributed by atoms with Crippen LogP contribution in [-0.4, -0.2) is 34.8 Å². The van der Waals surface area contributed by atoms with Crippen molar-refractivity contribution in [3.05, 3.63) is 54.1 Å². The molecule has 6 nitrogen and oxygen atoms in total. The van der Waals surface area contributed by atoms with Gasteiger partial charge in [0, 0.05) is 17.9 Å². The Morgan fingerprint density at radius 3 is 2.44 bits per heavy atom. The van der Waals surface area contributed by atoms with Gasteiger partial charge in [-0.25, -0.2) is 8.42 Å². The number of methoxy groups -OCH3 is 2. The minimum atomic E-state index is -3.44. The molecule has 0 saturated carbocycles. The van der Waals surface area contributed by atoms with Gasteiger partial charge < -0.3 is 14.8 Å². The third-order valence-electron chi connectivity index (χ3n) is 3.40. The van der Waals surface area contributed by atoms with E-state index in [0.29, 0.717) is 17.1 Å². The minimum Gasteiger partial charge on any atom is -0.497 e. The van der Waals surface area contributed by atoms with E-state index in [4.69, 9.17) is 9.47 Å². The summed E-state index contributed by atoms with van der Waals surface area (Å²) in [6.45, 7) is 0. The number of para-hydroxylation sites is 1. The van der Waals surface area contributed by atoms with Crippen LogP contribution >= 0.6 is 0 Å². The van der Waals surface area contributed by atoms with Crippen molar-refractivity contribution in [1.29, 1.82) is 0 Å². The van der Waals surface area contributed by atoms with Crippen molar-refractivity contribution < 1.29 is 22.7 Å². The molecule has 0 fully saturated rings. The molecule has 0 saturated heterocycles. The van der Waals surface area contributed by atoms with Crippen molar-refractivity contribution in [2.45, 2.75) is 4.90 Å². The molecule has 0 aliphatic heterocycles. The lowest BCUT2D eigenvalue weighted by molar-refractivity contribution is -0.111. The van der Waals surface area contributed by atoms with Crippen LogP contribution in [0.4, 0.5) is 5.69 Å². The summed E-state index contributed by atoms with van der Waals surface area (Å²) in [4.78, 5) is 12.2. The van der Waals surface area contributed by atoms with Crippen molar-refractivity contribution in [2.75, 3.05) is 25.8 Å². The summed E-state index contributed by atoms with van der Waals surface area (Å²) in [7, 11) is -0.366. The number of rotatable bonds is 6. The Bertz CT molecular complexity index is 903. The standard InChI is InChI=1S/C18H19NO5S/c1-23-14-9-10-16(24-2)13(12-14)8-11-18(20)19-15-6-4-5-7-17(15)25(3,21)22/h4-12H,1-3H3,(H,19,20)/b11-8+. The van der Waals surface area contributed by atoms with Gasteiger partial charge in [-0.1, -0.05) is 12.1 Å². The van der Waals surface area contributed by atoms with Crippen LogP contribution in [0, 0.1) is 0 Å². The van der Waals surface area contributed by atoms with Gasteiger partial charge in [0.2, 0.25) is 5.91 Å². The fourth-order valence-electron chi connectivity index (χ4n) is 2.20. The summed E-state index contributed by atoms with van der Waals surface area (Å²) in [6, 6.07) is 11.4. The highest BCUT2D eigenvalue weighted by Gasteiger charge is 2.13. The van der Waals surface area contributed by atoms with Crippen LogP contribution in [-0.2, 0) is 14.6 Å². The molecule has 0 bridgehead atoms. The number of sulfone groups is 1. The maximum absolute atomic E-state index is 12.2. The maximum atomic E-state index is 12.2. The molecule has 1 N–H and O–H groups in total. The summed E-state index contributed by atoms with van der Waals surface area (Å²) in [5.41, 5.74) is 0.894. The van der Waals surface area contributed by atoms with Crippen LogP contribution in [0.2, 0.25) is 0 Å². The molecule has 2 aromatic carbocycles. The van der Waals surface area contributed by atoms with E-state index in [1.807, 2.05) is 0 Å². The van der Waals surface area contributed by atoms with Crippen molar-refractivity contribution in [3.63, 3.8) is 0 Å². The van der Waals surface area contributed by atoms with Gasteiger partial charge in [-0.05, 0) is 36.4 Å². The Morgan fingerprint density at radius 1 is 1.08 bits per heavy atom. The third-order valence-corrected chi connectivity index (χ3v) is 4.55. The molecule has 0 spiro atoms. The van der Waals surface area contributed by atoms with Crippen LogP contribution in [0.1, 0.15) is 5.56 Å². The first-order valence-electron chi connectivity index (χ1n) is 7.35. The van der Waals surface area contributed by atoms with E-state index < -0.39 is 15.7 Å². The number of ether oxygens (including phenoxy) is 2. The van der Waals surface area contributed by atoms with Gasteiger partial charge in [0.25, 0.3) is 0 Å². The van der Waals surface area contributed by atoms with Crippen molar-refractivity contribution in [1.82, 2.24) is 0 Å². The molecule has 0 aliphatic carbocycles. The Balaban J connectivity index is 2.23. The molecule has 0 atom stereocenters. The zero-order valence-corrected chi connectivity index (χ0v) is 15.0. The van der Waals surface area contributed by atoms with Crippen LogP contribution < -0.4 is 14.8 Å².